The smallest absolute Gasteiger partial charge is 0.315 e. The quantitative estimate of drug-likeness (QED) is 0.273. The zero-order valence-electron chi connectivity index (χ0n) is 15.3. The topological polar surface area (TPSA) is 107 Å². The van der Waals surface area contributed by atoms with Gasteiger partial charge in [0.05, 0.1) is 19.7 Å². The van der Waals surface area contributed by atoms with Crippen LogP contribution in [0.3, 0.4) is 0 Å². The van der Waals surface area contributed by atoms with Crippen molar-refractivity contribution in [3.63, 3.8) is 0 Å². The Kier molecular flexibility index (Phi) is 7.77. The van der Waals surface area contributed by atoms with Crippen LogP contribution in [0.5, 0.6) is 5.75 Å². The second-order valence-corrected chi connectivity index (χ2v) is 8.25. The standard InChI is InChI=1S/C17H19B3O7S/c18-9-10-7-11(19)8-14(20)15(10)27-17(22)13-4-2-1-3-12(13)16(21)26-5-6-28(23,24)25/h7-8,12-13H,1-6,9H2,(H,23,24,25). The van der Waals surface area contributed by atoms with Crippen LogP contribution in [0.2, 0.25) is 0 Å². The molecule has 1 fully saturated rings. The predicted octanol–water partition coefficient (Wildman–Crippen LogP) is -0.914. The Morgan fingerprint density at radius 1 is 1.11 bits per heavy atom. The van der Waals surface area contributed by atoms with E-state index in [2.05, 4.69) is 0 Å². The number of benzene rings is 1. The number of carbonyl (C=O) groups excluding carboxylic acids is 2. The second kappa shape index (κ2) is 9.65. The molecule has 1 aromatic rings. The second-order valence-electron chi connectivity index (χ2n) is 6.67. The van der Waals surface area contributed by atoms with E-state index in [-0.39, 0.29) is 17.5 Å². The molecule has 0 aromatic heterocycles. The van der Waals surface area contributed by atoms with Gasteiger partial charge in [-0.05, 0) is 18.4 Å². The number of hydrogen-bond donors (Lipinski definition) is 1. The van der Waals surface area contributed by atoms with Crippen LogP contribution < -0.4 is 15.7 Å². The molecule has 0 heterocycles. The van der Waals surface area contributed by atoms with E-state index in [9.17, 15) is 18.0 Å². The van der Waals surface area contributed by atoms with Crippen molar-refractivity contribution in [1.82, 2.24) is 0 Å². The highest BCUT2D eigenvalue weighted by molar-refractivity contribution is 7.85. The fourth-order valence-corrected chi connectivity index (χ4v) is 3.53. The summed E-state index contributed by atoms with van der Waals surface area (Å²) >= 11 is 0. The summed E-state index contributed by atoms with van der Waals surface area (Å²) in [5, 5.41) is 0. The molecular formula is C17H19B3O7S. The Labute approximate surface area is 168 Å². The Hall–Kier alpha value is -1.74. The van der Waals surface area contributed by atoms with Gasteiger partial charge in [-0.2, -0.15) is 8.42 Å². The molecule has 1 saturated carbocycles. The molecule has 0 saturated heterocycles. The van der Waals surface area contributed by atoms with Gasteiger partial charge in [-0.1, -0.05) is 42.2 Å². The Bertz CT molecular complexity index is 841. The minimum absolute atomic E-state index is 0.0592. The zero-order valence-corrected chi connectivity index (χ0v) is 16.1. The average Bonchev–Trinajstić information content (AvgIpc) is 2.62. The van der Waals surface area contributed by atoms with Crippen LogP contribution in [0.15, 0.2) is 12.1 Å². The summed E-state index contributed by atoms with van der Waals surface area (Å²) in [5.41, 5.74) is 1.02. The molecule has 11 heteroatoms. The summed E-state index contributed by atoms with van der Waals surface area (Å²) in [7, 11) is 13.0. The molecule has 0 aliphatic heterocycles. The van der Waals surface area contributed by atoms with Crippen molar-refractivity contribution in [3.05, 3.63) is 17.7 Å². The van der Waals surface area contributed by atoms with Gasteiger partial charge in [0.2, 0.25) is 0 Å². The third kappa shape index (κ3) is 6.14. The molecular weight excluding hydrogens is 381 g/mol. The minimum atomic E-state index is -4.24. The van der Waals surface area contributed by atoms with Gasteiger partial charge >= 0.3 is 11.9 Å². The summed E-state index contributed by atoms with van der Waals surface area (Å²) in [6.45, 7) is -0.488. The molecule has 2 unspecified atom stereocenters. The first kappa shape index (κ1) is 22.6. The molecule has 144 valence electrons. The number of ether oxygens (including phenoxy) is 2. The number of hydrogen-bond acceptors (Lipinski definition) is 6. The van der Waals surface area contributed by atoms with Gasteiger partial charge in [-0.25, -0.2) is 0 Å². The third-order valence-electron chi connectivity index (χ3n) is 4.60. The van der Waals surface area contributed by atoms with E-state index >= 15 is 0 Å². The Morgan fingerprint density at radius 3 is 2.29 bits per heavy atom. The van der Waals surface area contributed by atoms with E-state index in [0.717, 1.165) is 12.8 Å². The maximum absolute atomic E-state index is 12.7. The molecule has 7 nitrogen and oxygen atoms in total. The maximum atomic E-state index is 12.7. The van der Waals surface area contributed by atoms with Crippen molar-refractivity contribution in [2.75, 3.05) is 12.4 Å². The molecule has 1 aliphatic carbocycles. The van der Waals surface area contributed by atoms with Gasteiger partial charge in [0.1, 0.15) is 33.8 Å². The molecule has 6 radical (unpaired) electrons. The van der Waals surface area contributed by atoms with Crippen molar-refractivity contribution >= 4 is 56.5 Å². The highest BCUT2D eigenvalue weighted by Gasteiger charge is 2.38. The van der Waals surface area contributed by atoms with Crippen molar-refractivity contribution in [2.24, 2.45) is 11.8 Å². The van der Waals surface area contributed by atoms with Crippen LogP contribution in [0.1, 0.15) is 31.2 Å². The average molecular weight is 400 g/mol. The minimum Gasteiger partial charge on any atom is -0.464 e. The third-order valence-corrected chi connectivity index (χ3v) is 5.28. The van der Waals surface area contributed by atoms with Gasteiger partial charge in [-0.15, -0.1) is 0 Å². The SMILES string of the molecule is [B]Cc1cc([B])cc([B])c1OC(=O)C1CCCCC1C(=O)OCCS(=O)(=O)O. The zero-order chi connectivity index (χ0) is 20.9. The lowest BCUT2D eigenvalue weighted by atomic mass is 9.79. The molecule has 0 amide bonds. The van der Waals surface area contributed by atoms with Crippen molar-refractivity contribution < 1.29 is 32.0 Å². The van der Waals surface area contributed by atoms with Crippen LogP contribution >= 0.6 is 0 Å². The number of esters is 2. The van der Waals surface area contributed by atoms with Gasteiger partial charge in [0, 0.05) is 0 Å². The van der Waals surface area contributed by atoms with E-state index in [1.165, 1.54) is 6.07 Å². The molecule has 0 spiro atoms. The van der Waals surface area contributed by atoms with Crippen LogP contribution in [0, 0.1) is 11.8 Å². The summed E-state index contributed by atoms with van der Waals surface area (Å²) in [6, 6.07) is 3.00. The fraction of sp³-hybridized carbons (Fsp3) is 0.529. The monoisotopic (exact) mass is 400 g/mol. The molecule has 1 N–H and O–H groups in total. The fourth-order valence-electron chi connectivity index (χ4n) is 3.24. The first-order valence-corrected chi connectivity index (χ1v) is 10.4. The molecule has 1 aromatic carbocycles. The summed E-state index contributed by atoms with van der Waals surface area (Å²) in [5.74, 6) is -3.45. The van der Waals surface area contributed by atoms with Gasteiger partial charge in [0.25, 0.3) is 10.1 Å². The largest absolute Gasteiger partial charge is 0.464 e. The summed E-state index contributed by atoms with van der Waals surface area (Å²) in [6.07, 6.45) is 2.34. The van der Waals surface area contributed by atoms with Crippen LogP contribution in [-0.2, 0) is 30.8 Å². The maximum Gasteiger partial charge on any atom is 0.315 e. The molecule has 1 aliphatic rings. The van der Waals surface area contributed by atoms with Crippen LogP contribution in [-0.4, -0.2) is 60.8 Å². The van der Waals surface area contributed by atoms with Crippen LogP contribution in [0.25, 0.3) is 0 Å². The van der Waals surface area contributed by atoms with E-state index < -0.39 is 46.3 Å². The summed E-state index contributed by atoms with van der Waals surface area (Å²) in [4.78, 5) is 25.0. The Morgan fingerprint density at radius 2 is 1.71 bits per heavy atom. The van der Waals surface area contributed by atoms with E-state index in [0.29, 0.717) is 23.9 Å². The number of carbonyl (C=O) groups is 2. The van der Waals surface area contributed by atoms with Gasteiger partial charge in [-0.3, -0.25) is 14.1 Å². The Balaban J connectivity index is 2.11. The highest BCUT2D eigenvalue weighted by Crippen LogP contribution is 2.32. The molecule has 2 atom stereocenters. The lowest BCUT2D eigenvalue weighted by Crippen LogP contribution is -2.37. The van der Waals surface area contributed by atoms with Crippen molar-refractivity contribution in [1.29, 1.82) is 0 Å². The molecule has 2 rings (SSSR count). The lowest BCUT2D eigenvalue weighted by Gasteiger charge is -2.28. The summed E-state index contributed by atoms with van der Waals surface area (Å²) < 4.78 is 40.6. The van der Waals surface area contributed by atoms with Crippen molar-refractivity contribution in [3.8, 4) is 5.75 Å². The number of rotatable bonds is 7. The van der Waals surface area contributed by atoms with Crippen LogP contribution in [0.4, 0.5) is 0 Å². The molecule has 28 heavy (non-hydrogen) atoms. The first-order chi connectivity index (χ1) is 13.1. The van der Waals surface area contributed by atoms with Gasteiger partial charge in [0.15, 0.2) is 0 Å². The lowest BCUT2D eigenvalue weighted by molar-refractivity contribution is -0.158. The van der Waals surface area contributed by atoms with E-state index in [1.54, 1.807) is 6.07 Å². The highest BCUT2D eigenvalue weighted by atomic mass is 32.2. The molecule has 0 bridgehead atoms. The first-order valence-electron chi connectivity index (χ1n) is 8.83. The normalized spacial score (nSPS) is 19.8. The van der Waals surface area contributed by atoms with Gasteiger partial charge < -0.3 is 9.47 Å². The predicted molar refractivity (Wildman–Crippen MR) is 105 cm³/mol. The van der Waals surface area contributed by atoms with Crippen molar-refractivity contribution in [2.45, 2.75) is 32.0 Å². The van der Waals surface area contributed by atoms with E-state index in [1.807, 2.05) is 0 Å². The van der Waals surface area contributed by atoms with E-state index in [4.69, 9.17) is 37.6 Å².